The predicted octanol–water partition coefficient (Wildman–Crippen LogP) is 2.47. The van der Waals surface area contributed by atoms with Crippen molar-refractivity contribution in [1.29, 1.82) is 0 Å². The molecule has 1 rings (SSSR count). The van der Waals surface area contributed by atoms with E-state index in [9.17, 15) is 18.0 Å². The number of ether oxygens (including phenoxy) is 1. The number of likely N-dealkylation sites (N-methyl/N-ethyl adjacent to an activating group) is 1. The van der Waals surface area contributed by atoms with Gasteiger partial charge in [0.15, 0.2) is 0 Å². The molecule has 1 atom stereocenters. The van der Waals surface area contributed by atoms with E-state index in [-0.39, 0.29) is 17.7 Å². The fraction of sp³-hybridized carbons (Fsp3) is 0.417. The molecule has 0 fully saturated rings. The summed E-state index contributed by atoms with van der Waals surface area (Å²) in [7, 11) is 3.51. The van der Waals surface area contributed by atoms with Gasteiger partial charge in [-0.25, -0.2) is 0 Å². The molecule has 1 N–H and O–H groups in total. The van der Waals surface area contributed by atoms with E-state index in [1.807, 2.05) is 0 Å². The van der Waals surface area contributed by atoms with Gasteiger partial charge in [-0.2, -0.15) is 0 Å². The van der Waals surface area contributed by atoms with Gasteiger partial charge in [-0.1, -0.05) is 0 Å². The number of rotatable bonds is 4. The van der Waals surface area contributed by atoms with E-state index < -0.39 is 6.36 Å². The van der Waals surface area contributed by atoms with Gasteiger partial charge in [-0.15, -0.1) is 13.2 Å². The second-order valence-electron chi connectivity index (χ2n) is 4.20. The molecule has 1 aromatic carbocycles. The van der Waals surface area contributed by atoms with E-state index in [2.05, 4.69) is 10.1 Å². The first-order chi connectivity index (χ1) is 8.69. The summed E-state index contributed by atoms with van der Waals surface area (Å²) in [6.45, 7) is 1.72. The van der Waals surface area contributed by atoms with Crippen LogP contribution in [0, 0.1) is 0 Å². The van der Waals surface area contributed by atoms with E-state index in [0.717, 1.165) is 12.1 Å². The standard InChI is InChI=1S/C12H15F3N2O2/c1-8(17(2)3)11(18)16-9-4-6-10(7-5-9)19-12(13,14)15/h4-8H,1-3H3,(H,16,18)/t8-/m1/s1. The molecule has 0 aliphatic heterocycles. The summed E-state index contributed by atoms with van der Waals surface area (Å²) in [6.07, 6.45) is -4.72. The Bertz CT molecular complexity index is 430. The molecule has 106 valence electrons. The van der Waals surface area contributed by atoms with Crippen molar-refractivity contribution >= 4 is 11.6 Å². The molecule has 0 bridgehead atoms. The van der Waals surface area contributed by atoms with Crippen LogP contribution in [-0.4, -0.2) is 37.3 Å². The lowest BCUT2D eigenvalue weighted by atomic mass is 10.2. The van der Waals surface area contributed by atoms with Crippen molar-refractivity contribution in [2.75, 3.05) is 19.4 Å². The molecule has 0 radical (unpaired) electrons. The summed E-state index contributed by atoms with van der Waals surface area (Å²) in [5.74, 6) is -0.569. The molecule has 4 nitrogen and oxygen atoms in total. The molecule has 7 heteroatoms. The Balaban J connectivity index is 2.65. The van der Waals surface area contributed by atoms with E-state index in [4.69, 9.17) is 0 Å². The van der Waals surface area contributed by atoms with Crippen molar-refractivity contribution in [3.63, 3.8) is 0 Å². The number of benzene rings is 1. The highest BCUT2D eigenvalue weighted by atomic mass is 19.4. The van der Waals surface area contributed by atoms with Crippen molar-refractivity contribution in [3.05, 3.63) is 24.3 Å². The summed E-state index contributed by atoms with van der Waals surface area (Å²) in [5, 5.41) is 2.60. The minimum absolute atomic E-state index is 0.241. The van der Waals surface area contributed by atoms with Gasteiger partial charge in [0, 0.05) is 5.69 Å². The number of nitrogens with one attached hydrogen (secondary N) is 1. The summed E-state index contributed by atoms with van der Waals surface area (Å²) >= 11 is 0. The summed E-state index contributed by atoms with van der Waals surface area (Å²) in [4.78, 5) is 13.4. The van der Waals surface area contributed by atoms with Gasteiger partial charge in [-0.05, 0) is 45.3 Å². The molecule has 0 spiro atoms. The van der Waals surface area contributed by atoms with Gasteiger partial charge in [0.2, 0.25) is 5.91 Å². The molecule has 0 aromatic heterocycles. The minimum atomic E-state index is -4.72. The zero-order valence-corrected chi connectivity index (χ0v) is 10.8. The number of hydrogen-bond donors (Lipinski definition) is 1. The van der Waals surface area contributed by atoms with Crippen LogP contribution in [0.2, 0.25) is 0 Å². The van der Waals surface area contributed by atoms with Crippen LogP contribution in [0.4, 0.5) is 18.9 Å². The molecule has 0 aliphatic carbocycles. The number of hydrogen-bond acceptors (Lipinski definition) is 3. The molecule has 19 heavy (non-hydrogen) atoms. The highest BCUT2D eigenvalue weighted by Gasteiger charge is 2.30. The third-order valence-electron chi connectivity index (χ3n) is 2.51. The minimum Gasteiger partial charge on any atom is -0.406 e. The maximum absolute atomic E-state index is 11.9. The lowest BCUT2D eigenvalue weighted by Gasteiger charge is -2.19. The predicted molar refractivity (Wildman–Crippen MR) is 64.9 cm³/mol. The Morgan fingerprint density at radius 3 is 2.21 bits per heavy atom. The Morgan fingerprint density at radius 2 is 1.79 bits per heavy atom. The lowest BCUT2D eigenvalue weighted by Crippen LogP contribution is -2.37. The van der Waals surface area contributed by atoms with Crippen LogP contribution in [-0.2, 0) is 4.79 Å². The Kier molecular flexibility index (Phi) is 4.77. The van der Waals surface area contributed by atoms with Crippen molar-refractivity contribution in [2.45, 2.75) is 19.3 Å². The number of anilines is 1. The van der Waals surface area contributed by atoms with Gasteiger partial charge in [0.05, 0.1) is 6.04 Å². The highest BCUT2D eigenvalue weighted by Crippen LogP contribution is 2.23. The molecule has 0 aliphatic rings. The number of halogens is 3. The van der Waals surface area contributed by atoms with Gasteiger partial charge >= 0.3 is 6.36 Å². The quantitative estimate of drug-likeness (QED) is 0.918. The number of amides is 1. The van der Waals surface area contributed by atoms with Crippen LogP contribution in [0.15, 0.2) is 24.3 Å². The third-order valence-corrected chi connectivity index (χ3v) is 2.51. The van der Waals surface area contributed by atoms with Crippen molar-refractivity contribution in [3.8, 4) is 5.75 Å². The molecule has 0 saturated heterocycles. The zero-order valence-electron chi connectivity index (χ0n) is 10.8. The fourth-order valence-corrected chi connectivity index (χ4v) is 1.22. The first-order valence-corrected chi connectivity index (χ1v) is 5.52. The van der Waals surface area contributed by atoms with Crippen LogP contribution in [0.1, 0.15) is 6.92 Å². The molecule has 1 amide bonds. The van der Waals surface area contributed by atoms with E-state index in [0.29, 0.717) is 5.69 Å². The van der Waals surface area contributed by atoms with Gasteiger partial charge in [0.25, 0.3) is 0 Å². The third kappa shape index (κ3) is 5.17. The first kappa shape index (κ1) is 15.3. The van der Waals surface area contributed by atoms with Gasteiger partial charge < -0.3 is 10.1 Å². The van der Waals surface area contributed by atoms with Gasteiger partial charge in [-0.3, -0.25) is 9.69 Å². The summed E-state index contributed by atoms with van der Waals surface area (Å²) in [6, 6.07) is 4.64. The average Bonchev–Trinajstić information content (AvgIpc) is 2.28. The SMILES string of the molecule is C[C@H](C(=O)Nc1ccc(OC(F)(F)F)cc1)N(C)C. The fourth-order valence-electron chi connectivity index (χ4n) is 1.22. The van der Waals surface area contributed by atoms with Crippen LogP contribution in [0.5, 0.6) is 5.75 Å². The largest absolute Gasteiger partial charge is 0.573 e. The molecule has 1 aromatic rings. The topological polar surface area (TPSA) is 41.6 Å². The summed E-state index contributed by atoms with van der Waals surface area (Å²) < 4.78 is 39.6. The maximum atomic E-state index is 11.9. The zero-order chi connectivity index (χ0) is 14.6. The molecule has 0 heterocycles. The van der Waals surface area contributed by atoms with Crippen LogP contribution in [0.25, 0.3) is 0 Å². The van der Waals surface area contributed by atoms with E-state index in [1.54, 1.807) is 25.9 Å². The van der Waals surface area contributed by atoms with E-state index >= 15 is 0 Å². The number of carbonyl (C=O) groups excluding carboxylic acids is 1. The van der Waals surface area contributed by atoms with Crippen LogP contribution >= 0.6 is 0 Å². The second-order valence-corrected chi connectivity index (χ2v) is 4.20. The molecular formula is C12H15F3N2O2. The second kappa shape index (κ2) is 5.92. The highest BCUT2D eigenvalue weighted by molar-refractivity contribution is 5.94. The van der Waals surface area contributed by atoms with Crippen LogP contribution in [0.3, 0.4) is 0 Å². The number of carbonyl (C=O) groups is 1. The van der Waals surface area contributed by atoms with Crippen molar-refractivity contribution < 1.29 is 22.7 Å². The smallest absolute Gasteiger partial charge is 0.406 e. The molecule has 0 unspecified atom stereocenters. The first-order valence-electron chi connectivity index (χ1n) is 5.52. The monoisotopic (exact) mass is 276 g/mol. The van der Waals surface area contributed by atoms with Crippen molar-refractivity contribution in [2.24, 2.45) is 0 Å². The lowest BCUT2D eigenvalue weighted by molar-refractivity contribution is -0.274. The molecular weight excluding hydrogens is 261 g/mol. The van der Waals surface area contributed by atoms with Crippen molar-refractivity contribution in [1.82, 2.24) is 4.90 Å². The Hall–Kier alpha value is -1.76. The Labute approximate surface area is 109 Å². The van der Waals surface area contributed by atoms with E-state index in [1.165, 1.54) is 12.1 Å². The summed E-state index contributed by atoms with van der Waals surface area (Å²) in [5.41, 5.74) is 0.410. The number of nitrogens with zero attached hydrogens (tertiary/aromatic N) is 1. The normalized spacial score (nSPS) is 13.2. The average molecular weight is 276 g/mol. The number of alkyl halides is 3. The maximum Gasteiger partial charge on any atom is 0.573 e. The van der Waals surface area contributed by atoms with Crippen LogP contribution < -0.4 is 10.1 Å². The molecule has 0 saturated carbocycles. The Morgan fingerprint density at radius 1 is 1.26 bits per heavy atom. The van der Waals surface area contributed by atoms with Gasteiger partial charge in [0.1, 0.15) is 5.75 Å².